The summed E-state index contributed by atoms with van der Waals surface area (Å²) in [7, 11) is 0. The lowest BCUT2D eigenvalue weighted by atomic mass is 10.0. The van der Waals surface area contributed by atoms with Crippen LogP contribution in [0.15, 0.2) is 89.8 Å². The summed E-state index contributed by atoms with van der Waals surface area (Å²) in [6.07, 6.45) is -1.43. The van der Waals surface area contributed by atoms with Crippen LogP contribution < -0.4 is 15.0 Å². The van der Waals surface area contributed by atoms with Crippen molar-refractivity contribution in [2.24, 2.45) is 4.99 Å². The van der Waals surface area contributed by atoms with E-state index in [0.29, 0.717) is 28.3 Å². The number of aliphatic imine (C=N–C) groups is 1. The van der Waals surface area contributed by atoms with E-state index < -0.39 is 12.4 Å². The summed E-state index contributed by atoms with van der Waals surface area (Å²) in [4.78, 5) is 23.5. The van der Waals surface area contributed by atoms with Crippen LogP contribution in [0.2, 0.25) is 0 Å². The number of amides is 2. The topological polar surface area (TPSA) is 84.6 Å². The van der Waals surface area contributed by atoms with Gasteiger partial charge in [0.05, 0.1) is 5.69 Å². The predicted octanol–water partition coefficient (Wildman–Crippen LogP) is 7.64. The second-order valence-corrected chi connectivity index (χ2v) is 11.1. The number of nitrogens with zero attached hydrogens (tertiary/aromatic N) is 5. The molecule has 8 nitrogen and oxygen atoms in total. The van der Waals surface area contributed by atoms with Crippen molar-refractivity contribution < 1.29 is 22.7 Å². The number of thioether (sulfide) groups is 1. The van der Waals surface area contributed by atoms with Crippen LogP contribution in [0.1, 0.15) is 37.8 Å². The third-order valence-electron chi connectivity index (χ3n) is 6.51. The molecule has 0 atom stereocenters. The number of carbonyl (C=O) groups is 1. The number of rotatable bonds is 7. The van der Waals surface area contributed by atoms with Crippen LogP contribution in [0, 0.1) is 0 Å². The van der Waals surface area contributed by atoms with Crippen LogP contribution in [-0.4, -0.2) is 44.6 Å². The summed E-state index contributed by atoms with van der Waals surface area (Å²) in [6, 6.07) is 20.6. The summed E-state index contributed by atoms with van der Waals surface area (Å²) in [5.74, 6) is 1.34. The van der Waals surface area contributed by atoms with Crippen molar-refractivity contribution in [1.82, 2.24) is 20.1 Å². The van der Waals surface area contributed by atoms with Gasteiger partial charge in [-0.15, -0.1) is 18.3 Å². The number of hydrogen-bond donors (Lipinski definition) is 1. The largest absolute Gasteiger partial charge is 0.573 e. The van der Waals surface area contributed by atoms with Crippen LogP contribution in [0.25, 0.3) is 23.2 Å². The van der Waals surface area contributed by atoms with Gasteiger partial charge in [0.2, 0.25) is 0 Å². The molecule has 12 heteroatoms. The number of urea groups is 1. The van der Waals surface area contributed by atoms with E-state index in [1.54, 1.807) is 18.7 Å². The molecule has 0 spiro atoms. The lowest BCUT2D eigenvalue weighted by Crippen LogP contribution is -2.28. The number of para-hydroxylation sites is 1. The smallest absolute Gasteiger partial charge is 0.406 e. The maximum atomic E-state index is 12.8. The molecule has 222 valence electrons. The highest BCUT2D eigenvalue weighted by Crippen LogP contribution is 2.32. The summed E-state index contributed by atoms with van der Waals surface area (Å²) < 4.78 is 42.6. The third-order valence-corrected chi connectivity index (χ3v) is 7.46. The standard InChI is InChI=1S/C31H29F3N6O2S/c1-20(2)26-6-4-5-7-27(26)39-16-17-43-30(39)37-29(41)36-21(3)18-22-8-10-23(11-9-22)28-35-19-40(38-28)24-12-14-25(15-13-24)42-31(32,33)34/h4-15,18-20H,16-17H2,1-3H3,(H,36,41)/b21-18+,37-30-. The number of amidine groups is 1. The summed E-state index contributed by atoms with van der Waals surface area (Å²) in [5.41, 5.74) is 5.07. The molecule has 2 heterocycles. The molecule has 1 aliphatic rings. The lowest BCUT2D eigenvalue weighted by molar-refractivity contribution is -0.274. The monoisotopic (exact) mass is 606 g/mol. The van der Waals surface area contributed by atoms with E-state index in [4.69, 9.17) is 0 Å². The zero-order valence-corrected chi connectivity index (χ0v) is 24.5. The molecule has 0 radical (unpaired) electrons. The molecular weight excluding hydrogens is 577 g/mol. The SMILES string of the molecule is C/C(=C\c1ccc(-c2ncn(-c3ccc(OC(F)(F)F)cc3)n2)cc1)NC(=O)/N=C1\SCCN1c1ccccc1C(C)C. The maximum absolute atomic E-state index is 12.8. The van der Waals surface area contributed by atoms with Gasteiger partial charge in [0.1, 0.15) is 12.1 Å². The summed E-state index contributed by atoms with van der Waals surface area (Å²) in [5, 5.41) is 7.95. The third kappa shape index (κ3) is 7.63. The quantitative estimate of drug-likeness (QED) is 0.233. The average molecular weight is 607 g/mol. The number of alkyl halides is 3. The van der Waals surface area contributed by atoms with E-state index >= 15 is 0 Å². The summed E-state index contributed by atoms with van der Waals surface area (Å²) in [6.45, 7) is 6.89. The number of ether oxygens (including phenoxy) is 1. The Hall–Kier alpha value is -4.58. The molecule has 1 aromatic heterocycles. The minimum atomic E-state index is -4.75. The fourth-order valence-electron chi connectivity index (χ4n) is 4.56. The van der Waals surface area contributed by atoms with Crippen LogP contribution in [-0.2, 0) is 0 Å². The van der Waals surface area contributed by atoms with Crippen LogP contribution in [0.4, 0.5) is 23.7 Å². The molecule has 43 heavy (non-hydrogen) atoms. The van der Waals surface area contributed by atoms with Crippen LogP contribution in [0.3, 0.4) is 0 Å². The molecular formula is C31H29F3N6O2S. The fraction of sp³-hybridized carbons (Fsp3) is 0.226. The van der Waals surface area contributed by atoms with Gasteiger partial charge in [-0.2, -0.15) is 4.99 Å². The molecule has 1 aliphatic heterocycles. The minimum absolute atomic E-state index is 0.314. The van der Waals surface area contributed by atoms with Crippen molar-refractivity contribution >= 4 is 34.7 Å². The molecule has 3 aromatic carbocycles. The lowest BCUT2D eigenvalue weighted by Gasteiger charge is -2.23. The van der Waals surface area contributed by atoms with Crippen molar-refractivity contribution in [3.05, 3.63) is 95.9 Å². The highest BCUT2D eigenvalue weighted by Gasteiger charge is 2.31. The van der Waals surface area contributed by atoms with Gasteiger partial charge < -0.3 is 15.0 Å². The van der Waals surface area contributed by atoms with Gasteiger partial charge in [-0.05, 0) is 60.4 Å². The number of benzene rings is 3. The molecule has 0 aliphatic carbocycles. The van der Waals surface area contributed by atoms with Crippen LogP contribution >= 0.6 is 11.8 Å². The molecule has 2 amide bonds. The molecule has 4 aromatic rings. The van der Waals surface area contributed by atoms with Gasteiger partial charge in [0, 0.05) is 29.2 Å². The summed E-state index contributed by atoms with van der Waals surface area (Å²) >= 11 is 1.56. The molecule has 0 saturated carbocycles. The first-order valence-electron chi connectivity index (χ1n) is 13.5. The number of hydrogen-bond acceptors (Lipinski definition) is 5. The van der Waals surface area contributed by atoms with Crippen molar-refractivity contribution in [3.63, 3.8) is 0 Å². The van der Waals surface area contributed by atoms with Gasteiger partial charge in [-0.25, -0.2) is 14.5 Å². The number of anilines is 1. The number of nitrogens with one attached hydrogen (secondary N) is 1. The molecule has 0 unspecified atom stereocenters. The van der Waals surface area contributed by atoms with Crippen molar-refractivity contribution in [2.45, 2.75) is 33.1 Å². The predicted molar refractivity (Wildman–Crippen MR) is 163 cm³/mol. The van der Waals surface area contributed by atoms with Crippen molar-refractivity contribution in [3.8, 4) is 22.8 Å². The first-order valence-corrected chi connectivity index (χ1v) is 14.5. The fourth-order valence-corrected chi connectivity index (χ4v) is 5.51. The Morgan fingerprint density at radius 1 is 1.07 bits per heavy atom. The highest BCUT2D eigenvalue weighted by atomic mass is 32.2. The Bertz CT molecular complexity index is 1650. The van der Waals surface area contributed by atoms with Crippen LogP contribution in [0.5, 0.6) is 5.75 Å². The Balaban J connectivity index is 1.22. The Morgan fingerprint density at radius 3 is 2.49 bits per heavy atom. The Morgan fingerprint density at radius 2 is 1.79 bits per heavy atom. The zero-order valence-electron chi connectivity index (χ0n) is 23.7. The molecule has 1 fully saturated rings. The second kappa shape index (κ2) is 12.7. The van der Waals surface area contributed by atoms with Crippen molar-refractivity contribution in [2.75, 3.05) is 17.2 Å². The van der Waals surface area contributed by atoms with Gasteiger partial charge in [-0.3, -0.25) is 0 Å². The Kier molecular flexibility index (Phi) is 8.86. The zero-order chi connectivity index (χ0) is 30.6. The minimum Gasteiger partial charge on any atom is -0.406 e. The average Bonchev–Trinajstić information content (AvgIpc) is 3.63. The second-order valence-electron chi connectivity index (χ2n) is 10.0. The number of halogens is 3. The molecule has 5 rings (SSSR count). The Labute approximate surface area is 251 Å². The van der Waals surface area contributed by atoms with Gasteiger partial charge in [0.25, 0.3) is 0 Å². The first kappa shape index (κ1) is 29.9. The highest BCUT2D eigenvalue weighted by molar-refractivity contribution is 8.14. The van der Waals surface area contributed by atoms with Crippen molar-refractivity contribution in [1.29, 1.82) is 0 Å². The van der Waals surface area contributed by atoms with E-state index in [-0.39, 0.29) is 5.75 Å². The molecule has 1 saturated heterocycles. The maximum Gasteiger partial charge on any atom is 0.573 e. The normalized spacial score (nSPS) is 14.9. The van der Waals surface area contributed by atoms with E-state index in [9.17, 15) is 18.0 Å². The van der Waals surface area contributed by atoms with E-state index in [0.717, 1.165) is 29.1 Å². The van der Waals surface area contributed by atoms with E-state index in [2.05, 4.69) is 56.0 Å². The first-order chi connectivity index (χ1) is 20.6. The van der Waals surface area contributed by atoms with Gasteiger partial charge in [-0.1, -0.05) is 68.1 Å². The van der Waals surface area contributed by atoms with Gasteiger partial charge in [0.15, 0.2) is 11.0 Å². The molecule has 0 bridgehead atoms. The number of allylic oxidation sites excluding steroid dienone is 1. The number of aromatic nitrogens is 3. The number of carbonyl (C=O) groups excluding carboxylic acids is 1. The molecule has 1 N–H and O–H groups in total. The van der Waals surface area contributed by atoms with E-state index in [1.165, 1.54) is 40.8 Å². The van der Waals surface area contributed by atoms with Gasteiger partial charge >= 0.3 is 12.4 Å². The van der Waals surface area contributed by atoms with E-state index in [1.807, 2.05) is 42.5 Å².